The van der Waals surface area contributed by atoms with Crippen molar-refractivity contribution in [2.75, 3.05) is 44.8 Å². The fourth-order valence-electron chi connectivity index (χ4n) is 3.39. The van der Waals surface area contributed by atoms with Crippen molar-refractivity contribution in [3.05, 3.63) is 59.4 Å². The normalized spacial score (nSPS) is 14.3. The van der Waals surface area contributed by atoms with E-state index in [1.165, 1.54) is 6.07 Å². The monoisotopic (exact) mass is 409 g/mol. The van der Waals surface area contributed by atoms with Crippen LogP contribution in [0.1, 0.15) is 12.5 Å². The molecule has 3 rings (SSSR count). The van der Waals surface area contributed by atoms with Crippen molar-refractivity contribution in [2.45, 2.75) is 6.92 Å². The Labute approximate surface area is 175 Å². The largest absolute Gasteiger partial charge is 0.493 e. The topological polar surface area (TPSA) is 65.8 Å². The molecule has 7 heteroatoms. The van der Waals surface area contributed by atoms with Crippen LogP contribution in [0.2, 0.25) is 0 Å². The summed E-state index contributed by atoms with van der Waals surface area (Å²) in [4.78, 5) is 16.4. The number of methoxy groups -OCH3 is 1. The van der Waals surface area contributed by atoms with Gasteiger partial charge in [0.15, 0.2) is 11.5 Å². The number of rotatable bonds is 6. The number of nitrogens with zero attached hydrogens (tertiary/aromatic N) is 3. The van der Waals surface area contributed by atoms with Crippen LogP contribution in [0.3, 0.4) is 0 Å². The zero-order valence-electron chi connectivity index (χ0n) is 17.1. The van der Waals surface area contributed by atoms with E-state index < -0.39 is 0 Å². The highest BCUT2D eigenvalue weighted by Crippen LogP contribution is 2.29. The molecule has 1 amide bonds. The molecule has 156 valence electrons. The summed E-state index contributed by atoms with van der Waals surface area (Å²) in [6.07, 6.45) is 1.55. The number of carbonyl (C=O) groups excluding carboxylic acids is 1. The Morgan fingerprint density at radius 3 is 2.53 bits per heavy atom. The van der Waals surface area contributed by atoms with Crippen molar-refractivity contribution in [1.82, 2.24) is 4.90 Å². The average molecular weight is 409 g/mol. The zero-order valence-corrected chi connectivity index (χ0v) is 17.1. The first-order valence-electron chi connectivity index (χ1n) is 9.78. The molecule has 6 nitrogen and oxygen atoms in total. The predicted molar refractivity (Wildman–Crippen MR) is 113 cm³/mol. The molecule has 0 bridgehead atoms. The highest BCUT2D eigenvalue weighted by molar-refractivity contribution is 6.01. The Morgan fingerprint density at radius 2 is 1.90 bits per heavy atom. The van der Waals surface area contributed by atoms with Crippen LogP contribution in [-0.2, 0) is 4.79 Å². The van der Waals surface area contributed by atoms with Gasteiger partial charge >= 0.3 is 0 Å². The van der Waals surface area contributed by atoms with Gasteiger partial charge in [-0.25, -0.2) is 4.39 Å². The minimum atomic E-state index is -0.334. The van der Waals surface area contributed by atoms with E-state index in [9.17, 15) is 14.4 Å². The molecule has 2 aromatic carbocycles. The molecule has 0 aromatic heterocycles. The minimum Gasteiger partial charge on any atom is -0.493 e. The molecule has 0 unspecified atom stereocenters. The quantitative estimate of drug-likeness (QED) is 0.540. The van der Waals surface area contributed by atoms with Crippen molar-refractivity contribution in [2.24, 2.45) is 0 Å². The van der Waals surface area contributed by atoms with Gasteiger partial charge in [0.25, 0.3) is 5.91 Å². The number of amides is 1. The number of halogens is 1. The van der Waals surface area contributed by atoms with E-state index >= 15 is 0 Å². The molecule has 1 aliphatic heterocycles. The third kappa shape index (κ3) is 4.71. The lowest BCUT2D eigenvalue weighted by Gasteiger charge is -2.36. The fraction of sp³-hybridized carbons (Fsp3) is 0.304. The van der Waals surface area contributed by atoms with Gasteiger partial charge in [-0.05, 0) is 42.8 Å². The fourth-order valence-corrected chi connectivity index (χ4v) is 3.39. The summed E-state index contributed by atoms with van der Waals surface area (Å²) >= 11 is 0. The molecule has 0 atom stereocenters. The van der Waals surface area contributed by atoms with Crippen molar-refractivity contribution < 1.29 is 18.7 Å². The Kier molecular flexibility index (Phi) is 6.91. The van der Waals surface area contributed by atoms with E-state index in [-0.39, 0.29) is 17.3 Å². The third-order valence-corrected chi connectivity index (χ3v) is 4.91. The first kappa shape index (κ1) is 21.2. The second-order valence-electron chi connectivity index (χ2n) is 6.74. The molecule has 2 aromatic rings. The highest BCUT2D eigenvalue weighted by atomic mass is 19.1. The summed E-state index contributed by atoms with van der Waals surface area (Å²) < 4.78 is 24.8. The van der Waals surface area contributed by atoms with E-state index in [2.05, 4.69) is 0 Å². The SMILES string of the molecule is CCOc1cc(/C=C(\C#N)C(=O)N2CCN(c3ccccc3F)CC2)ccc1OC. The van der Waals surface area contributed by atoms with Gasteiger partial charge in [0.2, 0.25) is 0 Å². The molecule has 0 N–H and O–H groups in total. The van der Waals surface area contributed by atoms with Gasteiger partial charge in [-0.1, -0.05) is 18.2 Å². The zero-order chi connectivity index (χ0) is 21.5. The van der Waals surface area contributed by atoms with Crippen LogP contribution in [-0.4, -0.2) is 50.7 Å². The number of nitriles is 1. The van der Waals surface area contributed by atoms with Crippen molar-refractivity contribution in [1.29, 1.82) is 5.26 Å². The lowest BCUT2D eigenvalue weighted by atomic mass is 10.1. The van der Waals surface area contributed by atoms with Crippen molar-refractivity contribution >= 4 is 17.7 Å². The summed E-state index contributed by atoms with van der Waals surface area (Å²) in [5.41, 5.74) is 1.25. The van der Waals surface area contributed by atoms with Crippen LogP contribution in [0.25, 0.3) is 6.08 Å². The number of benzene rings is 2. The summed E-state index contributed by atoms with van der Waals surface area (Å²) in [6.45, 7) is 4.18. The molecular formula is C23H24FN3O3. The molecular weight excluding hydrogens is 385 g/mol. The van der Waals surface area contributed by atoms with E-state index in [1.807, 2.05) is 17.9 Å². The van der Waals surface area contributed by atoms with Gasteiger partial charge in [0.05, 0.1) is 19.4 Å². The Bertz CT molecular complexity index is 976. The number of ether oxygens (including phenoxy) is 2. The summed E-state index contributed by atoms with van der Waals surface area (Å²) in [7, 11) is 1.55. The summed E-state index contributed by atoms with van der Waals surface area (Å²) in [6, 6.07) is 13.8. The Morgan fingerprint density at radius 1 is 1.17 bits per heavy atom. The van der Waals surface area contributed by atoms with Gasteiger partial charge in [0, 0.05) is 26.2 Å². The number of hydrogen-bond donors (Lipinski definition) is 0. The molecule has 0 spiro atoms. The number of anilines is 1. The lowest BCUT2D eigenvalue weighted by Crippen LogP contribution is -2.49. The molecule has 0 radical (unpaired) electrons. The maximum Gasteiger partial charge on any atom is 0.264 e. The Hall–Kier alpha value is -3.53. The molecule has 1 fully saturated rings. The summed E-state index contributed by atoms with van der Waals surface area (Å²) in [5.74, 6) is 0.527. The lowest BCUT2D eigenvalue weighted by molar-refractivity contribution is -0.126. The number of piperazine rings is 1. The first-order valence-corrected chi connectivity index (χ1v) is 9.78. The van der Waals surface area contributed by atoms with Gasteiger partial charge in [-0.3, -0.25) is 4.79 Å². The van der Waals surface area contributed by atoms with Crippen LogP contribution in [0.4, 0.5) is 10.1 Å². The van der Waals surface area contributed by atoms with Gasteiger partial charge in [0.1, 0.15) is 17.5 Å². The predicted octanol–water partition coefficient (Wildman–Crippen LogP) is 3.49. The van der Waals surface area contributed by atoms with Gasteiger partial charge in [-0.15, -0.1) is 0 Å². The second-order valence-corrected chi connectivity index (χ2v) is 6.74. The van der Waals surface area contributed by atoms with Crippen LogP contribution in [0.15, 0.2) is 48.0 Å². The number of para-hydroxylation sites is 1. The maximum absolute atomic E-state index is 14.0. The van der Waals surface area contributed by atoms with Crippen LogP contribution >= 0.6 is 0 Å². The molecule has 1 saturated heterocycles. The van der Waals surface area contributed by atoms with E-state index in [0.717, 1.165) is 0 Å². The standard InChI is InChI=1S/C23H24FN3O3/c1-3-30-22-15-17(8-9-21(22)29-2)14-18(16-25)23(28)27-12-10-26(11-13-27)20-7-5-4-6-19(20)24/h4-9,14-15H,3,10-13H2,1-2H3/b18-14+. The van der Waals surface area contributed by atoms with Gasteiger partial charge < -0.3 is 19.3 Å². The summed E-state index contributed by atoms with van der Waals surface area (Å²) in [5, 5.41) is 9.55. The molecule has 0 saturated carbocycles. The van der Waals surface area contributed by atoms with E-state index in [4.69, 9.17) is 9.47 Å². The minimum absolute atomic E-state index is 0.0435. The van der Waals surface area contributed by atoms with Crippen LogP contribution in [0, 0.1) is 17.1 Å². The van der Waals surface area contributed by atoms with Gasteiger partial charge in [-0.2, -0.15) is 5.26 Å². The number of hydrogen-bond acceptors (Lipinski definition) is 5. The maximum atomic E-state index is 14.0. The highest BCUT2D eigenvalue weighted by Gasteiger charge is 2.25. The molecule has 1 heterocycles. The molecule has 30 heavy (non-hydrogen) atoms. The molecule has 0 aliphatic carbocycles. The smallest absolute Gasteiger partial charge is 0.264 e. The average Bonchev–Trinajstić information content (AvgIpc) is 2.78. The second kappa shape index (κ2) is 9.79. The third-order valence-electron chi connectivity index (χ3n) is 4.91. The van der Waals surface area contributed by atoms with Crippen LogP contribution in [0.5, 0.6) is 11.5 Å². The first-order chi connectivity index (χ1) is 14.6. The van der Waals surface area contributed by atoms with Crippen molar-refractivity contribution in [3.8, 4) is 17.6 Å². The number of carbonyl (C=O) groups is 1. The van der Waals surface area contributed by atoms with E-state index in [1.54, 1.807) is 54.5 Å². The van der Waals surface area contributed by atoms with Crippen LogP contribution < -0.4 is 14.4 Å². The van der Waals surface area contributed by atoms with Crippen molar-refractivity contribution in [3.63, 3.8) is 0 Å². The Balaban J connectivity index is 1.72. The van der Waals surface area contributed by atoms with E-state index in [0.29, 0.717) is 55.5 Å². The molecule has 1 aliphatic rings.